The first-order chi connectivity index (χ1) is 15.4. The molecular weight excluding hydrogens is 408 g/mol. The molecule has 0 atom stereocenters. The fourth-order valence-corrected chi connectivity index (χ4v) is 4.15. The van der Waals surface area contributed by atoms with Crippen LogP contribution in [0.3, 0.4) is 0 Å². The molecule has 0 unspecified atom stereocenters. The number of carbonyl (C=O) groups excluding carboxylic acids is 1. The number of benzene rings is 3. The van der Waals surface area contributed by atoms with Crippen LogP contribution in [0.1, 0.15) is 86.1 Å². The van der Waals surface area contributed by atoms with E-state index in [0.29, 0.717) is 16.9 Å². The van der Waals surface area contributed by atoms with Gasteiger partial charge in [-0.1, -0.05) is 90.1 Å². The Bertz CT molecular complexity index is 1090. The summed E-state index contributed by atoms with van der Waals surface area (Å²) in [7, 11) is 0. The SMILES string of the molecule is CC(C)(C)c1cc(CCCc2ccc(C(=O)c3ccccc3)c(O)c2)cc(C(C)(C)C)c1O. The van der Waals surface area contributed by atoms with Crippen LogP contribution in [0.15, 0.2) is 60.7 Å². The number of aromatic hydroxyl groups is 2. The summed E-state index contributed by atoms with van der Waals surface area (Å²) < 4.78 is 0. The second-order valence-corrected chi connectivity index (χ2v) is 10.9. The summed E-state index contributed by atoms with van der Waals surface area (Å²) in [4.78, 5) is 12.7. The molecule has 0 bridgehead atoms. The molecule has 0 aliphatic carbocycles. The highest BCUT2D eigenvalue weighted by Crippen LogP contribution is 2.40. The Kier molecular flexibility index (Phi) is 7.02. The Balaban J connectivity index is 1.75. The number of aryl methyl sites for hydroxylation is 2. The molecular formula is C30H36O3. The zero-order valence-electron chi connectivity index (χ0n) is 20.7. The van der Waals surface area contributed by atoms with Gasteiger partial charge >= 0.3 is 0 Å². The molecule has 0 aromatic heterocycles. The number of hydrogen-bond acceptors (Lipinski definition) is 3. The minimum atomic E-state index is -0.173. The number of rotatable bonds is 6. The fourth-order valence-electron chi connectivity index (χ4n) is 4.15. The van der Waals surface area contributed by atoms with Gasteiger partial charge in [0.15, 0.2) is 5.78 Å². The molecule has 0 fully saturated rings. The molecule has 0 amide bonds. The molecule has 33 heavy (non-hydrogen) atoms. The molecule has 3 aromatic rings. The molecule has 0 aliphatic rings. The highest BCUT2D eigenvalue weighted by molar-refractivity contribution is 6.10. The third-order valence-corrected chi connectivity index (χ3v) is 6.06. The Morgan fingerprint density at radius 2 is 1.27 bits per heavy atom. The first-order valence-electron chi connectivity index (χ1n) is 11.7. The normalized spacial score (nSPS) is 12.1. The summed E-state index contributed by atoms with van der Waals surface area (Å²) in [6.45, 7) is 12.7. The minimum Gasteiger partial charge on any atom is -0.507 e. The number of ketones is 1. The van der Waals surface area contributed by atoms with E-state index in [1.807, 2.05) is 24.3 Å². The van der Waals surface area contributed by atoms with Crippen molar-refractivity contribution < 1.29 is 15.0 Å². The third-order valence-electron chi connectivity index (χ3n) is 6.06. The Morgan fingerprint density at radius 3 is 1.79 bits per heavy atom. The summed E-state index contributed by atoms with van der Waals surface area (Å²) >= 11 is 0. The van der Waals surface area contributed by atoms with Crippen molar-refractivity contribution in [1.29, 1.82) is 0 Å². The summed E-state index contributed by atoms with van der Waals surface area (Å²) in [5.74, 6) is 0.256. The van der Waals surface area contributed by atoms with Gasteiger partial charge in [-0.05, 0) is 64.5 Å². The average Bonchev–Trinajstić information content (AvgIpc) is 2.73. The molecule has 3 heteroatoms. The number of carbonyl (C=O) groups is 1. The molecule has 3 rings (SSSR count). The van der Waals surface area contributed by atoms with Crippen LogP contribution in [0.4, 0.5) is 0 Å². The lowest BCUT2D eigenvalue weighted by Gasteiger charge is -2.28. The van der Waals surface area contributed by atoms with Gasteiger partial charge in [0.05, 0.1) is 5.56 Å². The molecule has 174 valence electrons. The number of phenols is 2. The van der Waals surface area contributed by atoms with Gasteiger partial charge in [0.2, 0.25) is 0 Å². The monoisotopic (exact) mass is 444 g/mol. The lowest BCUT2D eigenvalue weighted by Crippen LogP contribution is -2.18. The zero-order valence-corrected chi connectivity index (χ0v) is 20.7. The van der Waals surface area contributed by atoms with Crippen molar-refractivity contribution >= 4 is 5.78 Å². The van der Waals surface area contributed by atoms with Crippen LogP contribution in [0.2, 0.25) is 0 Å². The van der Waals surface area contributed by atoms with Crippen molar-refractivity contribution in [2.45, 2.75) is 71.6 Å². The molecule has 0 heterocycles. The maximum atomic E-state index is 12.7. The topological polar surface area (TPSA) is 57.5 Å². The first-order valence-corrected chi connectivity index (χ1v) is 11.7. The van der Waals surface area contributed by atoms with Crippen LogP contribution in [0.25, 0.3) is 0 Å². The number of hydrogen-bond donors (Lipinski definition) is 2. The minimum absolute atomic E-state index is 0.0241. The van der Waals surface area contributed by atoms with Crippen LogP contribution in [0, 0.1) is 0 Å². The maximum Gasteiger partial charge on any atom is 0.196 e. The predicted molar refractivity (Wildman–Crippen MR) is 136 cm³/mol. The van der Waals surface area contributed by atoms with Gasteiger partial charge in [-0.3, -0.25) is 4.79 Å². The Labute approximate surface area is 198 Å². The smallest absolute Gasteiger partial charge is 0.196 e. The van der Waals surface area contributed by atoms with E-state index in [2.05, 4.69) is 53.7 Å². The van der Waals surface area contributed by atoms with E-state index in [1.54, 1.807) is 24.3 Å². The molecule has 0 saturated carbocycles. The van der Waals surface area contributed by atoms with E-state index < -0.39 is 0 Å². The molecule has 3 aromatic carbocycles. The highest BCUT2D eigenvalue weighted by Gasteiger charge is 2.26. The Morgan fingerprint density at radius 1 is 0.727 bits per heavy atom. The Hall–Kier alpha value is -3.07. The molecule has 0 saturated heterocycles. The van der Waals surface area contributed by atoms with Crippen LogP contribution in [-0.4, -0.2) is 16.0 Å². The molecule has 2 N–H and O–H groups in total. The van der Waals surface area contributed by atoms with Crippen molar-refractivity contribution in [3.63, 3.8) is 0 Å². The lowest BCUT2D eigenvalue weighted by atomic mass is 9.78. The maximum absolute atomic E-state index is 12.7. The summed E-state index contributed by atoms with van der Waals surface area (Å²) in [5.41, 5.74) is 4.77. The molecule has 0 radical (unpaired) electrons. The summed E-state index contributed by atoms with van der Waals surface area (Å²) in [6.07, 6.45) is 2.57. The first kappa shape index (κ1) is 24.6. The van der Waals surface area contributed by atoms with E-state index in [1.165, 1.54) is 5.56 Å². The van der Waals surface area contributed by atoms with E-state index in [-0.39, 0.29) is 22.4 Å². The fraction of sp³-hybridized carbons (Fsp3) is 0.367. The van der Waals surface area contributed by atoms with Crippen molar-refractivity contribution in [3.8, 4) is 11.5 Å². The zero-order chi connectivity index (χ0) is 24.4. The van der Waals surface area contributed by atoms with E-state index in [0.717, 1.165) is 36.0 Å². The van der Waals surface area contributed by atoms with Crippen LogP contribution in [-0.2, 0) is 23.7 Å². The van der Waals surface area contributed by atoms with Gasteiger partial charge in [0, 0.05) is 5.56 Å². The van der Waals surface area contributed by atoms with Crippen LogP contribution >= 0.6 is 0 Å². The lowest BCUT2D eigenvalue weighted by molar-refractivity contribution is 0.103. The molecule has 3 nitrogen and oxygen atoms in total. The largest absolute Gasteiger partial charge is 0.507 e. The van der Waals surface area contributed by atoms with Crippen LogP contribution < -0.4 is 0 Å². The van der Waals surface area contributed by atoms with Crippen molar-refractivity contribution in [3.05, 3.63) is 94.0 Å². The van der Waals surface area contributed by atoms with Gasteiger partial charge in [0.25, 0.3) is 0 Å². The standard InChI is InChI=1S/C30H36O3/c1-29(2,3)24-17-21(18-25(28(24)33)30(4,5)6)12-10-11-20-15-16-23(26(31)19-20)27(32)22-13-8-7-9-14-22/h7-9,13-19,31,33H,10-12H2,1-6H3. The van der Waals surface area contributed by atoms with E-state index >= 15 is 0 Å². The summed E-state index contributed by atoms with van der Waals surface area (Å²) in [5, 5.41) is 21.4. The van der Waals surface area contributed by atoms with Crippen LogP contribution in [0.5, 0.6) is 11.5 Å². The van der Waals surface area contributed by atoms with Gasteiger partial charge in [0.1, 0.15) is 11.5 Å². The van der Waals surface area contributed by atoms with Crippen molar-refractivity contribution in [1.82, 2.24) is 0 Å². The average molecular weight is 445 g/mol. The van der Waals surface area contributed by atoms with Gasteiger partial charge in [-0.25, -0.2) is 0 Å². The predicted octanol–water partition coefficient (Wildman–Crippen LogP) is 7.10. The second-order valence-electron chi connectivity index (χ2n) is 10.9. The second kappa shape index (κ2) is 9.43. The van der Waals surface area contributed by atoms with Gasteiger partial charge in [-0.15, -0.1) is 0 Å². The third kappa shape index (κ3) is 5.84. The summed E-state index contributed by atoms with van der Waals surface area (Å²) in [6, 6.07) is 18.6. The quantitative estimate of drug-likeness (QED) is 0.399. The van der Waals surface area contributed by atoms with Gasteiger partial charge < -0.3 is 10.2 Å². The van der Waals surface area contributed by atoms with Gasteiger partial charge in [-0.2, -0.15) is 0 Å². The van der Waals surface area contributed by atoms with E-state index in [9.17, 15) is 15.0 Å². The van der Waals surface area contributed by atoms with E-state index in [4.69, 9.17) is 0 Å². The van der Waals surface area contributed by atoms with Crippen molar-refractivity contribution in [2.75, 3.05) is 0 Å². The van der Waals surface area contributed by atoms with Crippen molar-refractivity contribution in [2.24, 2.45) is 0 Å². The number of phenolic OH excluding ortho intramolecular Hbond substituents is 2. The molecule has 0 aliphatic heterocycles. The highest BCUT2D eigenvalue weighted by atomic mass is 16.3. The molecule has 0 spiro atoms.